The molecule has 0 aliphatic rings. The number of carbonyl (C=O) groups is 1. The van der Waals surface area contributed by atoms with Crippen molar-refractivity contribution < 1.29 is 14.5 Å². The van der Waals surface area contributed by atoms with E-state index in [1.807, 2.05) is 0 Å². The van der Waals surface area contributed by atoms with E-state index in [1.54, 1.807) is 0 Å². The van der Waals surface area contributed by atoms with Crippen LogP contribution in [0.2, 0.25) is 0 Å². The number of rotatable bonds is 2. The van der Waals surface area contributed by atoms with Crippen LogP contribution in [-0.4, -0.2) is 18.0 Å². The molecule has 6 heteroatoms. The van der Waals surface area contributed by atoms with Gasteiger partial charge in [0.1, 0.15) is 0 Å². The molecule has 0 radical (unpaired) electrons. The van der Waals surface area contributed by atoms with Crippen LogP contribution in [0.25, 0.3) is 0 Å². The maximum Gasteiger partial charge on any atom is 0.338 e. The first-order valence-electron chi connectivity index (χ1n) is 3.48. The van der Waals surface area contributed by atoms with Crippen molar-refractivity contribution in [3.8, 4) is 0 Å². The van der Waals surface area contributed by atoms with Gasteiger partial charge in [-0.1, -0.05) is 6.07 Å². The lowest BCUT2D eigenvalue weighted by molar-refractivity contribution is -0.384. The second-order valence-corrected chi connectivity index (χ2v) is 2.30. The van der Waals surface area contributed by atoms with Crippen molar-refractivity contribution >= 4 is 11.7 Å². The molecule has 0 aromatic heterocycles. The van der Waals surface area contributed by atoms with Crippen molar-refractivity contribution in [3.63, 3.8) is 0 Å². The maximum absolute atomic E-state index is 10.9. The minimum Gasteiger partial charge on any atom is -0.465 e. The van der Waals surface area contributed by atoms with Crippen molar-refractivity contribution in [2.75, 3.05) is 7.11 Å². The van der Waals surface area contributed by atoms with Crippen LogP contribution in [-0.2, 0) is 4.74 Å². The SMILES string of the molecule is COC(=O)c1cccc([N+](=O)[O-])c1.N. The molecule has 0 atom stereocenters. The summed E-state index contributed by atoms with van der Waals surface area (Å²) < 4.78 is 4.41. The Morgan fingerprint density at radius 3 is 2.64 bits per heavy atom. The average Bonchev–Trinajstić information content (AvgIpc) is 2.17. The smallest absolute Gasteiger partial charge is 0.338 e. The van der Waals surface area contributed by atoms with E-state index in [1.165, 1.54) is 31.4 Å². The van der Waals surface area contributed by atoms with Gasteiger partial charge in [-0.3, -0.25) is 10.1 Å². The van der Waals surface area contributed by atoms with Crippen molar-refractivity contribution in [3.05, 3.63) is 39.9 Å². The van der Waals surface area contributed by atoms with Crippen LogP contribution in [0.1, 0.15) is 10.4 Å². The van der Waals surface area contributed by atoms with E-state index >= 15 is 0 Å². The zero-order chi connectivity index (χ0) is 9.84. The van der Waals surface area contributed by atoms with Crippen LogP contribution >= 0.6 is 0 Å². The second-order valence-electron chi connectivity index (χ2n) is 2.30. The van der Waals surface area contributed by atoms with Crippen molar-refractivity contribution in [2.45, 2.75) is 0 Å². The largest absolute Gasteiger partial charge is 0.465 e. The summed E-state index contributed by atoms with van der Waals surface area (Å²) in [5, 5.41) is 10.3. The Morgan fingerprint density at radius 2 is 2.14 bits per heavy atom. The Bertz CT molecular complexity index is 351. The van der Waals surface area contributed by atoms with E-state index in [4.69, 9.17) is 0 Å². The monoisotopic (exact) mass is 198 g/mol. The van der Waals surface area contributed by atoms with E-state index in [0.29, 0.717) is 0 Å². The topological polar surface area (TPSA) is 104 Å². The van der Waals surface area contributed by atoms with Crippen LogP contribution in [0.3, 0.4) is 0 Å². The number of hydrogen-bond acceptors (Lipinski definition) is 5. The summed E-state index contributed by atoms with van der Waals surface area (Å²) in [6.45, 7) is 0. The molecule has 1 aromatic carbocycles. The molecule has 0 saturated heterocycles. The molecule has 0 spiro atoms. The van der Waals surface area contributed by atoms with E-state index in [-0.39, 0.29) is 17.4 Å². The van der Waals surface area contributed by atoms with Crippen LogP contribution < -0.4 is 6.15 Å². The summed E-state index contributed by atoms with van der Waals surface area (Å²) >= 11 is 0. The van der Waals surface area contributed by atoms with Gasteiger partial charge in [-0.2, -0.15) is 0 Å². The highest BCUT2D eigenvalue weighted by atomic mass is 16.6. The molecular formula is C8H10N2O4. The number of esters is 1. The fourth-order valence-corrected chi connectivity index (χ4v) is 0.864. The number of ether oxygens (including phenoxy) is 1. The molecule has 1 rings (SSSR count). The quantitative estimate of drug-likeness (QED) is 0.441. The highest BCUT2D eigenvalue weighted by Gasteiger charge is 2.10. The zero-order valence-corrected chi connectivity index (χ0v) is 7.60. The molecule has 76 valence electrons. The van der Waals surface area contributed by atoms with Gasteiger partial charge in [0.2, 0.25) is 0 Å². The number of non-ortho nitro benzene ring substituents is 1. The number of nitro groups is 1. The molecular weight excluding hydrogens is 188 g/mol. The lowest BCUT2D eigenvalue weighted by Crippen LogP contribution is -2.01. The summed E-state index contributed by atoms with van der Waals surface area (Å²) in [6.07, 6.45) is 0. The molecule has 0 amide bonds. The zero-order valence-electron chi connectivity index (χ0n) is 7.60. The van der Waals surface area contributed by atoms with E-state index < -0.39 is 10.9 Å². The molecule has 0 bridgehead atoms. The van der Waals surface area contributed by atoms with Gasteiger partial charge in [-0.25, -0.2) is 4.79 Å². The van der Waals surface area contributed by atoms with Crippen LogP contribution in [0, 0.1) is 10.1 Å². The molecule has 6 nitrogen and oxygen atoms in total. The molecule has 0 unspecified atom stereocenters. The highest BCUT2D eigenvalue weighted by Crippen LogP contribution is 2.13. The number of benzene rings is 1. The normalized spacial score (nSPS) is 8.64. The van der Waals surface area contributed by atoms with Crippen LogP contribution in [0.4, 0.5) is 5.69 Å². The molecule has 0 heterocycles. The highest BCUT2D eigenvalue weighted by molar-refractivity contribution is 5.89. The van der Waals surface area contributed by atoms with Crippen molar-refractivity contribution in [1.29, 1.82) is 0 Å². The van der Waals surface area contributed by atoms with Gasteiger partial charge in [0.25, 0.3) is 5.69 Å². The minimum absolute atomic E-state index is 0. The Labute approximate surface area is 80.2 Å². The first-order valence-corrected chi connectivity index (χ1v) is 3.48. The summed E-state index contributed by atoms with van der Waals surface area (Å²) in [5.74, 6) is -0.580. The van der Waals surface area contributed by atoms with Gasteiger partial charge < -0.3 is 10.9 Å². The fraction of sp³-hybridized carbons (Fsp3) is 0.125. The number of nitro benzene ring substituents is 1. The van der Waals surface area contributed by atoms with Gasteiger partial charge in [0.05, 0.1) is 17.6 Å². The first-order chi connectivity index (χ1) is 6.15. The number of hydrogen-bond donors (Lipinski definition) is 1. The predicted molar refractivity (Wildman–Crippen MR) is 49.5 cm³/mol. The Balaban J connectivity index is 0.00000169. The maximum atomic E-state index is 10.9. The predicted octanol–water partition coefficient (Wildman–Crippen LogP) is 1.54. The molecule has 3 N–H and O–H groups in total. The lowest BCUT2D eigenvalue weighted by atomic mass is 10.2. The lowest BCUT2D eigenvalue weighted by Gasteiger charge is -1.97. The summed E-state index contributed by atoms with van der Waals surface area (Å²) in [5.41, 5.74) is 0.0552. The Hall–Kier alpha value is -1.95. The van der Waals surface area contributed by atoms with Gasteiger partial charge in [0.15, 0.2) is 0 Å². The summed E-state index contributed by atoms with van der Waals surface area (Å²) in [7, 11) is 1.22. The number of methoxy groups -OCH3 is 1. The summed E-state index contributed by atoms with van der Waals surface area (Å²) in [6, 6.07) is 5.38. The standard InChI is InChI=1S/C8H7NO4.H3N/c1-13-8(10)6-3-2-4-7(5-6)9(11)12;/h2-5H,1H3;1H3. The molecule has 0 fully saturated rings. The minimum atomic E-state index is -0.580. The first kappa shape index (κ1) is 12.0. The third-order valence-corrected chi connectivity index (χ3v) is 1.48. The summed E-state index contributed by atoms with van der Waals surface area (Å²) in [4.78, 5) is 20.7. The molecule has 0 aliphatic heterocycles. The Kier molecular flexibility index (Phi) is 4.24. The molecule has 14 heavy (non-hydrogen) atoms. The fourth-order valence-electron chi connectivity index (χ4n) is 0.864. The Morgan fingerprint density at radius 1 is 1.50 bits per heavy atom. The van der Waals surface area contributed by atoms with E-state index in [0.717, 1.165) is 0 Å². The van der Waals surface area contributed by atoms with Crippen molar-refractivity contribution in [2.24, 2.45) is 0 Å². The third kappa shape index (κ3) is 2.53. The molecule has 0 saturated carbocycles. The second kappa shape index (κ2) is 4.93. The molecule has 0 aliphatic carbocycles. The molecule has 1 aromatic rings. The number of nitrogens with zero attached hydrogens (tertiary/aromatic N) is 1. The average molecular weight is 198 g/mol. The van der Waals surface area contributed by atoms with Gasteiger partial charge in [0, 0.05) is 12.1 Å². The van der Waals surface area contributed by atoms with Gasteiger partial charge in [-0.15, -0.1) is 0 Å². The van der Waals surface area contributed by atoms with Gasteiger partial charge >= 0.3 is 5.97 Å². The van der Waals surface area contributed by atoms with Gasteiger partial charge in [-0.05, 0) is 6.07 Å². The van der Waals surface area contributed by atoms with Crippen LogP contribution in [0.5, 0.6) is 0 Å². The third-order valence-electron chi connectivity index (χ3n) is 1.48. The number of carbonyl (C=O) groups excluding carboxylic acids is 1. The van der Waals surface area contributed by atoms with E-state index in [2.05, 4.69) is 4.74 Å². The van der Waals surface area contributed by atoms with E-state index in [9.17, 15) is 14.9 Å². The van der Waals surface area contributed by atoms with Crippen molar-refractivity contribution in [1.82, 2.24) is 6.15 Å². The van der Waals surface area contributed by atoms with Crippen LogP contribution in [0.15, 0.2) is 24.3 Å².